The van der Waals surface area contributed by atoms with Crippen LogP contribution < -0.4 is 0 Å². The third kappa shape index (κ3) is 12.0. The number of hydrogen-bond donors (Lipinski definition) is 0. The molecule has 0 atom stereocenters. The molecule has 0 aliphatic heterocycles. The van der Waals surface area contributed by atoms with Crippen molar-refractivity contribution in [1.82, 2.24) is 0 Å². The summed E-state index contributed by atoms with van der Waals surface area (Å²) in [5, 5.41) is 0. The summed E-state index contributed by atoms with van der Waals surface area (Å²) in [5.74, 6) is 14.3. The van der Waals surface area contributed by atoms with E-state index in [0.717, 1.165) is 4.48 Å². The van der Waals surface area contributed by atoms with E-state index in [1.807, 2.05) is 0 Å². The Bertz CT molecular complexity index is 1430. The molecule has 0 fully saturated rings. The van der Waals surface area contributed by atoms with Gasteiger partial charge in [0.1, 0.15) is 0 Å². The van der Waals surface area contributed by atoms with E-state index >= 15 is 4.32 Å². The molecule has 0 N–H and O–H groups in total. The van der Waals surface area contributed by atoms with Crippen molar-refractivity contribution >= 4 is 24.3 Å². The van der Waals surface area contributed by atoms with Gasteiger partial charge in [-0.3, -0.25) is 0 Å². The Morgan fingerprint density at radius 1 is 0.535 bits per heavy atom. The molecule has 0 saturated heterocycles. The highest BCUT2D eigenvalue weighted by Crippen LogP contribution is 2.10. The highest BCUT2D eigenvalue weighted by Gasteiger charge is 2.15. The quantitative estimate of drug-likeness (QED) is 0.151. The van der Waals surface area contributed by atoms with Crippen LogP contribution in [0.1, 0.15) is 47.8 Å². The van der Waals surface area contributed by atoms with Crippen LogP contribution >= 0.6 is 0 Å². The molecule has 0 spiro atoms. The molecule has 0 saturated carbocycles. The summed E-state index contributed by atoms with van der Waals surface area (Å²) in [4.78, 5) is 34.9. The number of nitrogens with zero attached hydrogens (tertiary/aromatic N) is 1. The first-order chi connectivity index (χ1) is 20.3. The van der Waals surface area contributed by atoms with Gasteiger partial charge in [-0.25, -0.2) is 31.8 Å². The predicted molar refractivity (Wildman–Crippen MR) is 165 cm³/mol. The Morgan fingerprint density at radius 3 is 0.930 bits per heavy atom. The molecule has 0 amide bonds. The van der Waals surface area contributed by atoms with Gasteiger partial charge < -0.3 is 23.0 Å². The van der Waals surface area contributed by atoms with Crippen molar-refractivity contribution in [2.45, 2.75) is 0 Å². The average Bonchev–Trinajstić information content (AvgIpc) is 3.00. The van der Waals surface area contributed by atoms with Crippen LogP contribution in [0.2, 0.25) is 0 Å². The number of ether oxygens (including phenoxy) is 3. The molecule has 0 unspecified atom stereocenters. The fourth-order valence-corrected chi connectivity index (χ4v) is 3.08. The van der Waals surface area contributed by atoms with Gasteiger partial charge >= 0.3 is 24.3 Å². The Kier molecular flexibility index (Phi) is 12.3. The van der Waals surface area contributed by atoms with Crippen LogP contribution in [0.15, 0.2) is 72.8 Å². The smallest absolute Gasteiger partial charge is 0.358 e. The summed E-state index contributed by atoms with van der Waals surface area (Å²) in [7, 11) is 12.3. The summed E-state index contributed by atoms with van der Waals surface area (Å²) >= 11 is 0. The van der Waals surface area contributed by atoms with Crippen LogP contribution in [-0.4, -0.2) is 78.3 Å². The monoisotopic (exact) mass is 581 g/mol. The van der Waals surface area contributed by atoms with Crippen molar-refractivity contribution in [2.24, 2.45) is 0 Å². The lowest BCUT2D eigenvalue weighted by molar-refractivity contribution is -0.849. The van der Waals surface area contributed by atoms with Gasteiger partial charge in [0, 0.05) is 16.7 Å². The molecule has 0 aromatic heterocycles. The van der Waals surface area contributed by atoms with E-state index < -0.39 is 24.3 Å². The zero-order valence-electron chi connectivity index (χ0n) is 25.3. The zero-order valence-corrected chi connectivity index (χ0v) is 25.3. The van der Waals surface area contributed by atoms with Crippen LogP contribution in [0.4, 0.5) is 4.32 Å². The number of esters is 3. The molecule has 0 radical (unpaired) electrons. The van der Waals surface area contributed by atoms with Crippen LogP contribution in [0.5, 0.6) is 0 Å². The van der Waals surface area contributed by atoms with Crippen molar-refractivity contribution in [2.75, 3.05) is 49.5 Å². The maximum absolute atomic E-state index is 16.0. The number of methoxy groups -OCH3 is 3. The summed E-state index contributed by atoms with van der Waals surface area (Å²) in [6, 6.07) is 18.5. The van der Waals surface area contributed by atoms with Gasteiger partial charge in [0.15, 0.2) is 0 Å². The molecule has 0 heterocycles. The number of benzene rings is 3. The molecule has 3 aromatic rings. The van der Waals surface area contributed by atoms with Crippen LogP contribution in [0, 0.1) is 35.2 Å². The highest BCUT2D eigenvalue weighted by atomic mass is 19.1. The number of hydrogen-bond acceptors (Lipinski definition) is 6. The molecular weight excluding hydrogens is 548 g/mol. The van der Waals surface area contributed by atoms with Crippen LogP contribution in [-0.2, 0) is 14.2 Å². The lowest BCUT2D eigenvalue weighted by atomic mass is 9.46. The minimum absolute atomic E-state index is 0.334. The molecule has 3 aromatic carbocycles. The third-order valence-electron chi connectivity index (χ3n) is 5.16. The average molecular weight is 581 g/mol. The van der Waals surface area contributed by atoms with Gasteiger partial charge in [0.05, 0.1) is 66.2 Å². The zero-order chi connectivity index (χ0) is 32.0. The maximum Gasteiger partial charge on any atom is 0.358 e. The second kappa shape index (κ2) is 15.6. The highest BCUT2D eigenvalue weighted by molar-refractivity contribution is 6.95. The second-order valence-corrected chi connectivity index (χ2v) is 10.5. The van der Waals surface area contributed by atoms with Crippen LogP contribution in [0.3, 0.4) is 0 Å². The fourth-order valence-electron chi connectivity index (χ4n) is 3.08. The van der Waals surface area contributed by atoms with Crippen molar-refractivity contribution < 1.29 is 37.4 Å². The summed E-state index contributed by atoms with van der Waals surface area (Å²) < 4.78 is 31.0. The first-order valence-electron chi connectivity index (χ1n) is 13.0. The van der Waals surface area contributed by atoms with Gasteiger partial charge in [-0.1, -0.05) is 0 Å². The first-order valence-corrected chi connectivity index (χ1v) is 13.0. The van der Waals surface area contributed by atoms with E-state index in [4.69, 9.17) is 0 Å². The Hall–Kier alpha value is -5.30. The van der Waals surface area contributed by atoms with Crippen LogP contribution in [0.25, 0.3) is 0 Å². The number of halogens is 1. The van der Waals surface area contributed by atoms with E-state index in [-0.39, 0.29) is 0 Å². The number of carbonyl (C=O) groups excluding carboxylic acids is 3. The van der Waals surface area contributed by atoms with Gasteiger partial charge in [-0.15, -0.1) is 17.8 Å². The molecule has 3 rings (SSSR count). The summed E-state index contributed by atoms with van der Waals surface area (Å²) in [6.45, 7) is 0. The molecule has 0 bridgehead atoms. The Morgan fingerprint density at radius 2 is 0.744 bits per heavy atom. The topological polar surface area (TPSA) is 78.9 Å². The molecule has 9 heteroatoms. The fraction of sp³-hybridized carbons (Fsp3) is 0.206. The van der Waals surface area contributed by atoms with Gasteiger partial charge in [-0.2, -0.15) is 0 Å². The van der Waals surface area contributed by atoms with Gasteiger partial charge in [0.2, 0.25) is 0 Å². The molecule has 43 heavy (non-hydrogen) atoms. The number of carbonyl (C=O) groups is 3. The second-order valence-electron chi connectivity index (χ2n) is 10.5. The van der Waals surface area contributed by atoms with Crippen molar-refractivity contribution in [3.8, 4) is 35.2 Å². The summed E-state index contributed by atoms with van der Waals surface area (Å²) in [6.07, 6.45) is -3.32. The lowest BCUT2D eigenvalue weighted by Crippen LogP contribution is -2.27. The molecule has 0 aliphatic rings. The normalized spacial score (nSPS) is 10.0. The van der Waals surface area contributed by atoms with E-state index in [1.165, 1.54) is 57.7 Å². The maximum atomic E-state index is 16.0. The van der Waals surface area contributed by atoms with E-state index in [0.29, 0.717) is 33.4 Å². The van der Waals surface area contributed by atoms with E-state index in [2.05, 4.69) is 77.6 Å². The molecule has 7 nitrogen and oxygen atoms in total. The standard InChI is InChI=1S/C30H21BFO6.C4H12N/c1-36-28(33)25-10-4-22(5-11-25)16-19-31(32,20-17-23-6-12-26(13-7-23)29(34)37-2)21-18-24-8-14-27(15-9-24)30(35)38-3;1-5(2,3)4/h4-15H,1-3H3;1-4H3/q-1;+1. The molecule has 0 aliphatic carbocycles. The minimum Gasteiger partial charge on any atom is -0.472 e. The first kappa shape index (κ1) is 33.9. The predicted octanol–water partition coefficient (Wildman–Crippen LogP) is 4.36. The molecular formula is C34H33BFNO6. The third-order valence-corrected chi connectivity index (χ3v) is 5.16. The Labute approximate surface area is 252 Å². The Balaban J connectivity index is 0.00000119. The lowest BCUT2D eigenvalue weighted by Gasteiger charge is -2.14. The minimum atomic E-state index is -3.32. The van der Waals surface area contributed by atoms with Gasteiger partial charge in [-0.05, 0) is 72.8 Å². The number of quaternary nitrogens is 1. The largest absolute Gasteiger partial charge is 0.472 e. The number of rotatable bonds is 3. The van der Waals surface area contributed by atoms with Crippen molar-refractivity contribution in [1.29, 1.82) is 0 Å². The van der Waals surface area contributed by atoms with Gasteiger partial charge in [0.25, 0.3) is 0 Å². The van der Waals surface area contributed by atoms with Crippen molar-refractivity contribution in [3.05, 3.63) is 106 Å². The SMILES string of the molecule is COC(=O)c1ccc(C#C[B-](F)(C#Cc2ccc(C(=O)OC)cc2)C#Cc2ccc(C(=O)OC)cc2)cc1.C[N+](C)(C)C. The van der Waals surface area contributed by atoms with Crippen molar-refractivity contribution in [3.63, 3.8) is 0 Å². The molecule has 220 valence electrons. The van der Waals surface area contributed by atoms with E-state index in [9.17, 15) is 14.4 Å². The van der Waals surface area contributed by atoms with E-state index in [1.54, 1.807) is 36.4 Å². The summed E-state index contributed by atoms with van der Waals surface area (Å²) in [5.41, 5.74) is 2.36.